The third-order valence-electron chi connectivity index (χ3n) is 5.22. The van der Waals surface area contributed by atoms with Crippen LogP contribution in [0.1, 0.15) is 32.8 Å². The van der Waals surface area contributed by atoms with Crippen molar-refractivity contribution in [3.8, 4) is 0 Å². The first-order valence-electron chi connectivity index (χ1n) is 11.2. The molecule has 0 spiro atoms. The average molecular weight is 544 g/mol. The van der Waals surface area contributed by atoms with Crippen molar-refractivity contribution in [2.24, 2.45) is 0 Å². The van der Waals surface area contributed by atoms with Gasteiger partial charge in [-0.3, -0.25) is 9.59 Å². The summed E-state index contributed by atoms with van der Waals surface area (Å²) in [7, 11) is -1.20. The molecule has 0 bridgehead atoms. The van der Waals surface area contributed by atoms with Crippen LogP contribution in [0.4, 0.5) is 5.69 Å². The fourth-order valence-electron chi connectivity index (χ4n) is 3.45. The van der Waals surface area contributed by atoms with E-state index in [1.807, 2.05) is 13.8 Å². The lowest BCUT2D eigenvalue weighted by Crippen LogP contribution is -2.54. The van der Waals surface area contributed by atoms with E-state index in [2.05, 4.69) is 5.32 Å². The van der Waals surface area contributed by atoms with E-state index in [9.17, 15) is 18.0 Å². The molecule has 0 aliphatic heterocycles. The van der Waals surface area contributed by atoms with Crippen LogP contribution >= 0.6 is 23.2 Å². The molecule has 11 heteroatoms. The van der Waals surface area contributed by atoms with Gasteiger partial charge in [-0.25, -0.2) is 4.31 Å². The molecule has 2 rings (SSSR count). The highest BCUT2D eigenvalue weighted by Gasteiger charge is 2.33. The Kier molecular flexibility index (Phi) is 10.4. The number of nitrogens with zero attached hydrogens (tertiary/aromatic N) is 3. The Hall–Kier alpha value is -2.33. The molecule has 0 aliphatic carbocycles. The molecule has 0 aliphatic rings. The van der Waals surface area contributed by atoms with Gasteiger partial charge in [-0.2, -0.15) is 12.7 Å². The summed E-state index contributed by atoms with van der Waals surface area (Å²) in [4.78, 5) is 28.1. The summed E-state index contributed by atoms with van der Waals surface area (Å²) in [6.45, 7) is 5.01. The monoisotopic (exact) mass is 542 g/mol. The summed E-state index contributed by atoms with van der Waals surface area (Å²) >= 11 is 12.2. The molecule has 1 N–H and O–H groups in total. The number of hydrogen-bond donors (Lipinski definition) is 1. The SMILES string of the molecule is CC[C@@H](C(=O)NC(C)C)N(Cc1ccc(Cl)c(Cl)c1)C(=O)CN(c1ccccc1)S(=O)(=O)N(C)C. The lowest BCUT2D eigenvalue weighted by molar-refractivity contribution is -0.140. The molecule has 0 fully saturated rings. The van der Waals surface area contributed by atoms with Gasteiger partial charge in [-0.1, -0.05) is 54.4 Å². The molecule has 0 saturated carbocycles. The molecule has 2 aromatic rings. The molecule has 2 aromatic carbocycles. The van der Waals surface area contributed by atoms with Gasteiger partial charge in [0.2, 0.25) is 11.8 Å². The van der Waals surface area contributed by atoms with Gasteiger partial charge >= 0.3 is 10.2 Å². The summed E-state index contributed by atoms with van der Waals surface area (Å²) in [5, 5.41) is 3.53. The van der Waals surface area contributed by atoms with Crippen LogP contribution in [0.25, 0.3) is 0 Å². The second-order valence-electron chi connectivity index (χ2n) is 8.49. The number of carbonyl (C=O) groups excluding carboxylic acids is 2. The minimum absolute atomic E-state index is 0.0460. The van der Waals surface area contributed by atoms with Crippen molar-refractivity contribution in [1.29, 1.82) is 0 Å². The fraction of sp³-hybridized carbons (Fsp3) is 0.417. The Morgan fingerprint density at radius 1 is 1.00 bits per heavy atom. The molecule has 192 valence electrons. The Labute approximate surface area is 218 Å². The molecule has 0 heterocycles. The van der Waals surface area contributed by atoms with Gasteiger partial charge in [-0.15, -0.1) is 0 Å². The second kappa shape index (κ2) is 12.6. The first kappa shape index (κ1) is 28.9. The van der Waals surface area contributed by atoms with Crippen LogP contribution in [0.15, 0.2) is 48.5 Å². The van der Waals surface area contributed by atoms with E-state index in [0.717, 1.165) is 8.61 Å². The third kappa shape index (κ3) is 7.57. The molecule has 0 radical (unpaired) electrons. The smallest absolute Gasteiger partial charge is 0.304 e. The van der Waals surface area contributed by atoms with Gasteiger partial charge in [0.15, 0.2) is 0 Å². The molecule has 35 heavy (non-hydrogen) atoms. The van der Waals surface area contributed by atoms with Crippen LogP contribution < -0.4 is 9.62 Å². The zero-order valence-electron chi connectivity index (χ0n) is 20.5. The maximum Gasteiger partial charge on any atom is 0.304 e. The zero-order valence-corrected chi connectivity index (χ0v) is 22.9. The highest BCUT2D eigenvalue weighted by Crippen LogP contribution is 2.25. The number of hydrogen-bond acceptors (Lipinski definition) is 4. The molecule has 1 atom stereocenters. The molecular formula is C24H32Cl2N4O4S. The molecule has 8 nitrogen and oxygen atoms in total. The average Bonchev–Trinajstić information content (AvgIpc) is 2.79. The van der Waals surface area contributed by atoms with Crippen molar-refractivity contribution in [2.45, 2.75) is 45.8 Å². The Morgan fingerprint density at radius 2 is 1.63 bits per heavy atom. The first-order chi connectivity index (χ1) is 16.4. The van der Waals surface area contributed by atoms with Crippen molar-refractivity contribution in [3.63, 3.8) is 0 Å². The zero-order chi connectivity index (χ0) is 26.3. The Bertz CT molecular complexity index is 1130. The summed E-state index contributed by atoms with van der Waals surface area (Å²) < 4.78 is 28.3. The van der Waals surface area contributed by atoms with E-state index < -0.39 is 28.7 Å². The predicted molar refractivity (Wildman–Crippen MR) is 141 cm³/mol. The minimum Gasteiger partial charge on any atom is -0.352 e. The van der Waals surface area contributed by atoms with E-state index in [-0.39, 0.29) is 18.5 Å². The number of anilines is 1. The topological polar surface area (TPSA) is 90.0 Å². The van der Waals surface area contributed by atoms with Crippen LogP contribution in [-0.2, 0) is 26.3 Å². The summed E-state index contributed by atoms with van der Waals surface area (Å²) in [6.07, 6.45) is 0.331. The molecular weight excluding hydrogens is 511 g/mol. The maximum absolute atomic E-state index is 13.7. The van der Waals surface area contributed by atoms with Crippen LogP contribution in [0.5, 0.6) is 0 Å². The van der Waals surface area contributed by atoms with Crippen LogP contribution in [0, 0.1) is 0 Å². The standard InChI is InChI=1S/C24H32Cl2N4O4S/c1-6-22(24(32)27-17(2)3)29(15-18-12-13-20(25)21(26)14-18)23(31)16-30(35(33,34)28(4)5)19-10-8-7-9-11-19/h7-14,17,22H,6,15-16H2,1-5H3,(H,27,32)/t22-/m0/s1. The van der Waals surface area contributed by atoms with Crippen LogP contribution in [0.2, 0.25) is 10.0 Å². The van der Waals surface area contributed by atoms with Gasteiger partial charge in [0.05, 0.1) is 15.7 Å². The summed E-state index contributed by atoms with van der Waals surface area (Å²) in [5.41, 5.74) is 0.994. The lowest BCUT2D eigenvalue weighted by atomic mass is 10.1. The molecule has 2 amide bonds. The van der Waals surface area contributed by atoms with Crippen molar-refractivity contribution < 1.29 is 18.0 Å². The van der Waals surface area contributed by atoms with Gasteiger partial charge in [0.25, 0.3) is 0 Å². The largest absolute Gasteiger partial charge is 0.352 e. The van der Waals surface area contributed by atoms with E-state index in [0.29, 0.717) is 27.7 Å². The highest BCUT2D eigenvalue weighted by atomic mass is 35.5. The number of rotatable bonds is 11. The number of carbonyl (C=O) groups is 2. The summed E-state index contributed by atoms with van der Waals surface area (Å²) in [6, 6.07) is 12.4. The van der Waals surface area contributed by atoms with Crippen molar-refractivity contribution >= 4 is 50.9 Å². The highest BCUT2D eigenvalue weighted by molar-refractivity contribution is 7.90. The normalized spacial score (nSPS) is 12.5. The molecule has 0 aromatic heterocycles. The van der Waals surface area contributed by atoms with Crippen molar-refractivity contribution in [1.82, 2.24) is 14.5 Å². The number of benzene rings is 2. The Morgan fingerprint density at radius 3 is 2.14 bits per heavy atom. The van der Waals surface area contributed by atoms with Crippen LogP contribution in [-0.4, -0.2) is 62.2 Å². The van der Waals surface area contributed by atoms with Gasteiger partial charge in [0, 0.05) is 26.7 Å². The minimum atomic E-state index is -4.00. The quantitative estimate of drug-likeness (QED) is 0.465. The van der Waals surface area contributed by atoms with E-state index in [1.54, 1.807) is 55.5 Å². The maximum atomic E-state index is 13.7. The van der Waals surface area contributed by atoms with Crippen molar-refractivity contribution in [2.75, 3.05) is 24.9 Å². The third-order valence-corrected chi connectivity index (χ3v) is 7.78. The van der Waals surface area contributed by atoms with Crippen LogP contribution in [0.3, 0.4) is 0 Å². The molecule has 0 saturated heterocycles. The van der Waals surface area contributed by atoms with Crippen molar-refractivity contribution in [3.05, 3.63) is 64.1 Å². The van der Waals surface area contributed by atoms with E-state index in [4.69, 9.17) is 23.2 Å². The molecule has 0 unspecified atom stereocenters. The van der Waals surface area contributed by atoms with Gasteiger partial charge in [0.1, 0.15) is 12.6 Å². The summed E-state index contributed by atoms with van der Waals surface area (Å²) in [5.74, 6) is -0.853. The number of para-hydroxylation sites is 1. The van der Waals surface area contributed by atoms with E-state index in [1.165, 1.54) is 19.0 Å². The predicted octanol–water partition coefficient (Wildman–Crippen LogP) is 3.94. The van der Waals surface area contributed by atoms with Gasteiger partial charge < -0.3 is 10.2 Å². The first-order valence-corrected chi connectivity index (χ1v) is 13.3. The lowest BCUT2D eigenvalue weighted by Gasteiger charge is -2.34. The van der Waals surface area contributed by atoms with E-state index >= 15 is 0 Å². The number of halogens is 2. The second-order valence-corrected chi connectivity index (χ2v) is 11.4. The number of amides is 2. The Balaban J connectivity index is 2.50. The number of nitrogens with one attached hydrogen (secondary N) is 1. The fourth-order valence-corrected chi connectivity index (χ4v) is 4.82. The van der Waals surface area contributed by atoms with Gasteiger partial charge in [-0.05, 0) is 50.1 Å².